The molecule has 1 aromatic heterocycles. The summed E-state index contributed by atoms with van der Waals surface area (Å²) in [6, 6.07) is 13.7. The number of hydrogen-bond acceptors (Lipinski definition) is 6. The van der Waals surface area contributed by atoms with E-state index in [-0.39, 0.29) is 21.9 Å². The summed E-state index contributed by atoms with van der Waals surface area (Å²) in [5, 5.41) is 2.70. The van der Waals surface area contributed by atoms with Gasteiger partial charge in [-0.05, 0) is 57.4 Å². The molecular weight excluding hydrogens is 426 g/mol. The van der Waals surface area contributed by atoms with Crippen LogP contribution >= 0.6 is 0 Å². The molecule has 4 N–H and O–H groups in total. The van der Waals surface area contributed by atoms with Gasteiger partial charge in [-0.3, -0.25) is 4.79 Å². The summed E-state index contributed by atoms with van der Waals surface area (Å²) in [6.07, 6.45) is 4.18. The van der Waals surface area contributed by atoms with E-state index >= 15 is 0 Å². The molecule has 8 nitrogen and oxygen atoms in total. The third-order valence-electron chi connectivity index (χ3n) is 5.62. The van der Waals surface area contributed by atoms with Crippen molar-refractivity contribution in [2.24, 2.45) is 0 Å². The minimum atomic E-state index is -3.63. The molecule has 3 aromatic rings. The highest BCUT2D eigenvalue weighted by Gasteiger charge is 2.36. The van der Waals surface area contributed by atoms with E-state index < -0.39 is 15.9 Å². The Balaban J connectivity index is 1.50. The van der Waals surface area contributed by atoms with Gasteiger partial charge in [0.1, 0.15) is 0 Å². The highest BCUT2D eigenvalue weighted by Crippen LogP contribution is 2.32. The van der Waals surface area contributed by atoms with E-state index in [2.05, 4.69) is 20.0 Å². The Morgan fingerprint density at radius 3 is 2.31 bits per heavy atom. The van der Waals surface area contributed by atoms with Crippen LogP contribution in [0.3, 0.4) is 0 Å². The minimum absolute atomic E-state index is 0.000604. The Morgan fingerprint density at radius 1 is 1.06 bits per heavy atom. The molecule has 0 radical (unpaired) electrons. The van der Waals surface area contributed by atoms with Crippen molar-refractivity contribution in [1.29, 1.82) is 0 Å². The Kier molecular flexibility index (Phi) is 5.70. The van der Waals surface area contributed by atoms with Gasteiger partial charge in [0.25, 0.3) is 5.91 Å². The van der Waals surface area contributed by atoms with Gasteiger partial charge in [-0.15, -0.1) is 0 Å². The number of nitrogens with zero attached hydrogens (tertiary/aromatic N) is 2. The molecule has 0 bridgehead atoms. The first-order chi connectivity index (χ1) is 15.2. The largest absolute Gasteiger partial charge is 0.382 e. The fraction of sp³-hybridized carbons (Fsp3) is 0.261. The zero-order chi connectivity index (χ0) is 22.9. The predicted molar refractivity (Wildman–Crippen MR) is 124 cm³/mol. The lowest BCUT2D eigenvalue weighted by molar-refractivity contribution is 0.102. The summed E-state index contributed by atoms with van der Waals surface area (Å²) in [5.41, 5.74) is 8.38. The topological polar surface area (TPSA) is 127 Å². The standard InChI is InChI=1S/C23H25N5O3S/c1-15-4-6-16(7-5-15)19-14-25-21(24)20(27-19)22(29)26-17-8-10-18(11-9-17)32(30,31)28-23(2)12-3-13-23/h4-11,14,28H,3,12-13H2,1-2H3,(H2,24,25)(H,26,29). The molecule has 2 aromatic carbocycles. The van der Waals surface area contributed by atoms with E-state index in [0.29, 0.717) is 11.4 Å². The molecule has 0 unspecified atom stereocenters. The van der Waals surface area contributed by atoms with Crippen molar-refractivity contribution in [3.05, 3.63) is 66.0 Å². The van der Waals surface area contributed by atoms with Crippen molar-refractivity contribution < 1.29 is 13.2 Å². The first-order valence-electron chi connectivity index (χ1n) is 10.3. The van der Waals surface area contributed by atoms with Crippen LogP contribution in [0.25, 0.3) is 11.3 Å². The van der Waals surface area contributed by atoms with Crippen molar-refractivity contribution >= 4 is 27.4 Å². The van der Waals surface area contributed by atoms with Gasteiger partial charge in [-0.1, -0.05) is 29.8 Å². The second-order valence-corrected chi connectivity index (χ2v) is 10.0. The van der Waals surface area contributed by atoms with Crippen LogP contribution in [-0.2, 0) is 10.0 Å². The number of nitrogens with one attached hydrogen (secondary N) is 2. The van der Waals surface area contributed by atoms with Crippen LogP contribution < -0.4 is 15.8 Å². The van der Waals surface area contributed by atoms with Crippen LogP contribution in [0.2, 0.25) is 0 Å². The Labute approximate surface area is 187 Å². The number of anilines is 2. The number of hydrogen-bond donors (Lipinski definition) is 3. The third-order valence-corrected chi connectivity index (χ3v) is 7.28. The summed E-state index contributed by atoms with van der Waals surface area (Å²) in [4.78, 5) is 21.4. The predicted octanol–water partition coefficient (Wildman–Crippen LogP) is 3.51. The average Bonchev–Trinajstić information content (AvgIpc) is 2.74. The van der Waals surface area contributed by atoms with Crippen molar-refractivity contribution in [2.75, 3.05) is 11.1 Å². The lowest BCUT2D eigenvalue weighted by atomic mass is 9.80. The van der Waals surface area contributed by atoms with E-state index in [9.17, 15) is 13.2 Å². The number of aromatic nitrogens is 2. The van der Waals surface area contributed by atoms with Gasteiger partial charge >= 0.3 is 0 Å². The number of carbonyl (C=O) groups excluding carboxylic acids is 1. The minimum Gasteiger partial charge on any atom is -0.382 e. The normalized spacial score (nSPS) is 15.1. The first-order valence-corrected chi connectivity index (χ1v) is 11.8. The second-order valence-electron chi connectivity index (χ2n) is 8.35. The van der Waals surface area contributed by atoms with Gasteiger partial charge in [-0.2, -0.15) is 0 Å². The van der Waals surface area contributed by atoms with Gasteiger partial charge in [-0.25, -0.2) is 23.1 Å². The molecule has 1 aliphatic rings. The van der Waals surface area contributed by atoms with Gasteiger partial charge in [0.2, 0.25) is 10.0 Å². The zero-order valence-corrected chi connectivity index (χ0v) is 18.7. The van der Waals surface area contributed by atoms with Crippen LogP contribution in [0.1, 0.15) is 42.2 Å². The van der Waals surface area contributed by atoms with Crippen LogP contribution in [0.4, 0.5) is 11.5 Å². The number of amides is 1. The molecule has 0 spiro atoms. The van der Waals surface area contributed by atoms with Crippen molar-refractivity contribution in [1.82, 2.24) is 14.7 Å². The number of benzene rings is 2. The Bertz CT molecular complexity index is 1250. The molecule has 0 saturated heterocycles. The van der Waals surface area contributed by atoms with Gasteiger partial charge in [0.15, 0.2) is 11.5 Å². The molecular formula is C23H25N5O3S. The summed E-state index contributed by atoms with van der Waals surface area (Å²) in [7, 11) is -3.63. The average molecular weight is 452 g/mol. The molecule has 0 atom stereocenters. The maximum absolute atomic E-state index is 12.8. The zero-order valence-electron chi connectivity index (χ0n) is 17.9. The molecule has 166 valence electrons. The second kappa shape index (κ2) is 8.33. The van der Waals surface area contributed by atoms with E-state index in [1.54, 1.807) is 0 Å². The van der Waals surface area contributed by atoms with Crippen LogP contribution in [0.15, 0.2) is 59.6 Å². The third kappa shape index (κ3) is 4.63. The van der Waals surface area contributed by atoms with Crippen molar-refractivity contribution in [2.45, 2.75) is 43.5 Å². The van der Waals surface area contributed by atoms with Crippen molar-refractivity contribution in [3.8, 4) is 11.3 Å². The molecule has 9 heteroatoms. The fourth-order valence-corrected chi connectivity index (χ4v) is 4.99. The van der Waals surface area contributed by atoms with Gasteiger partial charge in [0.05, 0.1) is 16.8 Å². The molecule has 1 heterocycles. The monoisotopic (exact) mass is 451 g/mol. The number of nitrogens with two attached hydrogens (primary N) is 1. The van der Waals surface area contributed by atoms with Gasteiger partial charge < -0.3 is 11.1 Å². The first kappa shape index (κ1) is 21.9. The summed E-state index contributed by atoms with van der Waals surface area (Å²) in [6.45, 7) is 3.89. The maximum atomic E-state index is 12.8. The molecule has 1 saturated carbocycles. The summed E-state index contributed by atoms with van der Waals surface area (Å²) in [5.74, 6) is -0.518. The number of nitrogen functional groups attached to an aromatic ring is 1. The highest BCUT2D eigenvalue weighted by atomic mass is 32.2. The van der Waals surface area contributed by atoms with E-state index in [1.807, 2.05) is 38.1 Å². The molecule has 0 aliphatic heterocycles. The lowest BCUT2D eigenvalue weighted by Gasteiger charge is -2.38. The molecule has 1 amide bonds. The molecule has 1 aliphatic carbocycles. The number of aryl methyl sites for hydroxylation is 1. The van der Waals surface area contributed by atoms with Crippen LogP contribution in [0.5, 0.6) is 0 Å². The molecule has 32 heavy (non-hydrogen) atoms. The maximum Gasteiger partial charge on any atom is 0.278 e. The number of sulfonamides is 1. The van der Waals surface area contributed by atoms with E-state index in [1.165, 1.54) is 30.5 Å². The van der Waals surface area contributed by atoms with Crippen molar-refractivity contribution in [3.63, 3.8) is 0 Å². The SMILES string of the molecule is Cc1ccc(-c2cnc(N)c(C(=O)Nc3ccc(S(=O)(=O)NC4(C)CCC4)cc3)n2)cc1. The molecule has 4 rings (SSSR count). The fourth-order valence-electron chi connectivity index (χ4n) is 3.53. The molecule has 1 fully saturated rings. The van der Waals surface area contributed by atoms with E-state index in [4.69, 9.17) is 5.73 Å². The Hall–Kier alpha value is -3.30. The summed E-state index contributed by atoms with van der Waals surface area (Å²) < 4.78 is 28.0. The number of carbonyl (C=O) groups is 1. The smallest absolute Gasteiger partial charge is 0.278 e. The summed E-state index contributed by atoms with van der Waals surface area (Å²) >= 11 is 0. The lowest BCUT2D eigenvalue weighted by Crippen LogP contribution is -2.50. The van der Waals surface area contributed by atoms with Crippen LogP contribution in [0, 0.1) is 6.92 Å². The highest BCUT2D eigenvalue weighted by molar-refractivity contribution is 7.89. The Morgan fingerprint density at radius 2 is 1.72 bits per heavy atom. The van der Waals surface area contributed by atoms with E-state index in [0.717, 1.165) is 30.4 Å². The quantitative estimate of drug-likeness (QED) is 0.526. The van der Waals surface area contributed by atoms with Gasteiger partial charge in [0, 0.05) is 16.8 Å². The number of rotatable bonds is 6. The van der Waals surface area contributed by atoms with Crippen LogP contribution in [-0.4, -0.2) is 29.8 Å².